The second-order valence-electron chi connectivity index (χ2n) is 6.67. The fraction of sp³-hybridized carbons (Fsp3) is 0.316. The second-order valence-corrected chi connectivity index (χ2v) is 6.67. The van der Waals surface area contributed by atoms with Crippen LogP contribution in [0, 0.1) is 5.82 Å². The van der Waals surface area contributed by atoms with Gasteiger partial charge in [0.25, 0.3) is 0 Å². The van der Waals surface area contributed by atoms with Crippen LogP contribution in [-0.2, 0) is 17.5 Å². The summed E-state index contributed by atoms with van der Waals surface area (Å²) in [6, 6.07) is 8.93. The van der Waals surface area contributed by atoms with Crippen LogP contribution in [0.15, 0.2) is 42.5 Å². The van der Waals surface area contributed by atoms with Crippen molar-refractivity contribution in [3.8, 4) is 0 Å². The topological polar surface area (TPSA) is 67.2 Å². The molecule has 144 valence electrons. The van der Waals surface area contributed by atoms with Gasteiger partial charge in [-0.25, -0.2) is 4.39 Å². The van der Waals surface area contributed by atoms with Crippen LogP contribution >= 0.6 is 0 Å². The Morgan fingerprint density at radius 1 is 1.15 bits per heavy atom. The first-order valence-electron chi connectivity index (χ1n) is 8.48. The van der Waals surface area contributed by atoms with Gasteiger partial charge < -0.3 is 16.4 Å². The number of carbonyl (C=O) groups excluding carboxylic acids is 1. The van der Waals surface area contributed by atoms with Gasteiger partial charge in [0.15, 0.2) is 0 Å². The van der Waals surface area contributed by atoms with Gasteiger partial charge in [0.05, 0.1) is 16.8 Å². The van der Waals surface area contributed by atoms with Crippen molar-refractivity contribution in [2.24, 2.45) is 5.73 Å². The summed E-state index contributed by atoms with van der Waals surface area (Å²) in [6.07, 6.45) is -2.43. The molecule has 0 unspecified atom stereocenters. The Hall–Kier alpha value is -2.61. The predicted molar refractivity (Wildman–Crippen MR) is 93.7 cm³/mol. The van der Waals surface area contributed by atoms with E-state index in [1.165, 1.54) is 30.3 Å². The SMILES string of the molecule is NC1(C(=O)NCc2ccc(Nc3ccccc3C(F)(F)F)cc2F)CCC1. The third kappa shape index (κ3) is 4.21. The van der Waals surface area contributed by atoms with E-state index < -0.39 is 23.1 Å². The molecule has 1 amide bonds. The second kappa shape index (κ2) is 7.19. The lowest BCUT2D eigenvalue weighted by atomic mass is 9.77. The van der Waals surface area contributed by atoms with Crippen LogP contribution in [0.1, 0.15) is 30.4 Å². The van der Waals surface area contributed by atoms with Gasteiger partial charge in [0.2, 0.25) is 5.91 Å². The highest BCUT2D eigenvalue weighted by atomic mass is 19.4. The maximum atomic E-state index is 14.3. The normalized spacial score (nSPS) is 15.7. The lowest BCUT2D eigenvalue weighted by Gasteiger charge is -2.36. The number of para-hydroxylation sites is 1. The first kappa shape index (κ1) is 19.2. The van der Waals surface area contributed by atoms with Gasteiger partial charge in [-0.15, -0.1) is 0 Å². The zero-order chi connectivity index (χ0) is 19.7. The molecule has 27 heavy (non-hydrogen) atoms. The quantitative estimate of drug-likeness (QED) is 0.684. The summed E-state index contributed by atoms with van der Waals surface area (Å²) in [6.45, 7) is -0.0387. The zero-order valence-corrected chi connectivity index (χ0v) is 14.4. The van der Waals surface area contributed by atoms with Crippen molar-refractivity contribution < 1.29 is 22.4 Å². The van der Waals surface area contributed by atoms with E-state index in [0.717, 1.165) is 18.6 Å². The van der Waals surface area contributed by atoms with E-state index >= 15 is 0 Å². The summed E-state index contributed by atoms with van der Waals surface area (Å²) in [7, 11) is 0. The summed E-state index contributed by atoms with van der Waals surface area (Å²) in [5.41, 5.74) is 4.42. The first-order valence-corrected chi connectivity index (χ1v) is 8.48. The molecule has 1 fully saturated rings. The van der Waals surface area contributed by atoms with E-state index in [9.17, 15) is 22.4 Å². The molecule has 4 N–H and O–H groups in total. The van der Waals surface area contributed by atoms with Crippen LogP contribution < -0.4 is 16.4 Å². The molecule has 1 aliphatic rings. The minimum Gasteiger partial charge on any atom is -0.355 e. The van der Waals surface area contributed by atoms with Crippen LogP contribution in [-0.4, -0.2) is 11.4 Å². The number of anilines is 2. The molecule has 0 saturated heterocycles. The Kier molecular flexibility index (Phi) is 5.10. The number of nitrogens with two attached hydrogens (primary N) is 1. The number of nitrogens with one attached hydrogen (secondary N) is 2. The van der Waals surface area contributed by atoms with Crippen molar-refractivity contribution in [2.45, 2.75) is 37.5 Å². The molecule has 0 heterocycles. The van der Waals surface area contributed by atoms with Crippen LogP contribution in [0.4, 0.5) is 28.9 Å². The summed E-state index contributed by atoms with van der Waals surface area (Å²) < 4.78 is 53.4. The lowest BCUT2D eigenvalue weighted by Crippen LogP contribution is -2.58. The Balaban J connectivity index is 1.70. The number of halogens is 4. The summed E-state index contributed by atoms with van der Waals surface area (Å²) in [5, 5.41) is 5.19. The summed E-state index contributed by atoms with van der Waals surface area (Å²) in [4.78, 5) is 12.0. The Bertz CT molecular complexity index is 847. The molecule has 0 aromatic heterocycles. The highest BCUT2D eigenvalue weighted by Crippen LogP contribution is 2.36. The molecule has 3 rings (SSSR count). The van der Waals surface area contributed by atoms with E-state index in [-0.39, 0.29) is 29.4 Å². The fourth-order valence-corrected chi connectivity index (χ4v) is 2.90. The van der Waals surface area contributed by atoms with Gasteiger partial charge in [-0.3, -0.25) is 4.79 Å². The third-order valence-electron chi connectivity index (χ3n) is 4.70. The molecule has 0 spiro atoms. The van der Waals surface area contributed by atoms with Crippen LogP contribution in [0.25, 0.3) is 0 Å². The molecule has 2 aromatic carbocycles. The number of carbonyl (C=O) groups is 1. The molecule has 0 bridgehead atoms. The monoisotopic (exact) mass is 381 g/mol. The number of benzene rings is 2. The molecule has 1 aliphatic carbocycles. The molecule has 1 saturated carbocycles. The van der Waals surface area contributed by atoms with Crippen molar-refractivity contribution >= 4 is 17.3 Å². The minimum absolute atomic E-state index is 0.0387. The van der Waals surface area contributed by atoms with Crippen molar-refractivity contribution in [2.75, 3.05) is 5.32 Å². The standard InChI is InChI=1S/C19H19F4N3O/c20-15-10-13(26-16-5-2-1-4-14(16)19(21,22)23)7-6-12(15)11-25-17(27)18(24)8-3-9-18/h1-2,4-7,10,26H,3,8-9,11,24H2,(H,25,27). The number of alkyl halides is 3. The number of rotatable bonds is 5. The van der Waals surface area contributed by atoms with E-state index in [4.69, 9.17) is 5.73 Å². The molecule has 0 aliphatic heterocycles. The smallest absolute Gasteiger partial charge is 0.355 e. The predicted octanol–water partition coefficient (Wildman–Crippen LogP) is 4.09. The van der Waals surface area contributed by atoms with Crippen LogP contribution in [0.2, 0.25) is 0 Å². The Morgan fingerprint density at radius 2 is 1.85 bits per heavy atom. The maximum absolute atomic E-state index is 14.3. The van der Waals surface area contributed by atoms with Crippen molar-refractivity contribution in [1.29, 1.82) is 0 Å². The van der Waals surface area contributed by atoms with E-state index in [2.05, 4.69) is 10.6 Å². The molecular weight excluding hydrogens is 362 g/mol. The van der Waals surface area contributed by atoms with E-state index in [1.54, 1.807) is 0 Å². The average molecular weight is 381 g/mol. The molecule has 8 heteroatoms. The third-order valence-corrected chi connectivity index (χ3v) is 4.70. The lowest BCUT2D eigenvalue weighted by molar-refractivity contribution is -0.137. The fourth-order valence-electron chi connectivity index (χ4n) is 2.90. The van der Waals surface area contributed by atoms with E-state index in [1.807, 2.05) is 0 Å². The molecular formula is C19H19F4N3O. The molecule has 2 aromatic rings. The number of hydrogen-bond donors (Lipinski definition) is 3. The highest BCUT2D eigenvalue weighted by Gasteiger charge is 2.39. The zero-order valence-electron chi connectivity index (χ0n) is 14.4. The van der Waals surface area contributed by atoms with Crippen molar-refractivity contribution in [1.82, 2.24) is 5.32 Å². The molecule has 0 radical (unpaired) electrons. The van der Waals surface area contributed by atoms with Crippen molar-refractivity contribution in [3.63, 3.8) is 0 Å². The molecule has 4 nitrogen and oxygen atoms in total. The first-order chi connectivity index (χ1) is 12.7. The van der Waals surface area contributed by atoms with Crippen LogP contribution in [0.3, 0.4) is 0 Å². The van der Waals surface area contributed by atoms with E-state index in [0.29, 0.717) is 12.8 Å². The van der Waals surface area contributed by atoms with Gasteiger partial charge in [0.1, 0.15) is 5.82 Å². The van der Waals surface area contributed by atoms with Crippen LogP contribution in [0.5, 0.6) is 0 Å². The average Bonchev–Trinajstić information content (AvgIpc) is 2.58. The summed E-state index contributed by atoms with van der Waals surface area (Å²) >= 11 is 0. The highest BCUT2D eigenvalue weighted by molar-refractivity contribution is 5.87. The van der Waals surface area contributed by atoms with Gasteiger partial charge in [0, 0.05) is 17.8 Å². The Morgan fingerprint density at radius 3 is 2.44 bits per heavy atom. The maximum Gasteiger partial charge on any atom is 0.418 e. The van der Waals surface area contributed by atoms with Gasteiger partial charge >= 0.3 is 6.18 Å². The van der Waals surface area contributed by atoms with Crippen molar-refractivity contribution in [3.05, 3.63) is 59.4 Å². The minimum atomic E-state index is -4.52. The Labute approximate surface area is 153 Å². The van der Waals surface area contributed by atoms with Gasteiger partial charge in [-0.1, -0.05) is 18.2 Å². The molecule has 0 atom stereocenters. The summed E-state index contributed by atoms with van der Waals surface area (Å²) in [5.74, 6) is -0.959. The largest absolute Gasteiger partial charge is 0.418 e. The number of hydrogen-bond acceptors (Lipinski definition) is 3. The van der Waals surface area contributed by atoms with Gasteiger partial charge in [-0.2, -0.15) is 13.2 Å². The van der Waals surface area contributed by atoms with Gasteiger partial charge in [-0.05, 0) is 43.5 Å². The number of amides is 1.